The third-order valence-corrected chi connectivity index (χ3v) is 3.05. The van der Waals surface area contributed by atoms with Gasteiger partial charge in [0.05, 0.1) is 12.7 Å². The number of nitrogen functional groups attached to an aromatic ring is 1. The van der Waals surface area contributed by atoms with Crippen LogP contribution < -0.4 is 10.5 Å². The van der Waals surface area contributed by atoms with E-state index in [-0.39, 0.29) is 22.1 Å². The maximum Gasteiger partial charge on any atom is 0.149 e. The van der Waals surface area contributed by atoms with Crippen molar-refractivity contribution in [1.29, 1.82) is 10.5 Å². The van der Waals surface area contributed by atoms with Gasteiger partial charge in [-0.2, -0.15) is 10.5 Å². The van der Waals surface area contributed by atoms with Crippen molar-refractivity contribution in [2.24, 2.45) is 0 Å². The Morgan fingerprint density at radius 2 is 1.85 bits per heavy atom. The molecule has 1 aromatic heterocycles. The molecule has 1 heterocycles. The van der Waals surface area contributed by atoms with Crippen LogP contribution in [0.25, 0.3) is 11.1 Å². The van der Waals surface area contributed by atoms with E-state index in [1.807, 2.05) is 12.1 Å². The predicted molar refractivity (Wildman–Crippen MR) is 75.1 cm³/mol. The van der Waals surface area contributed by atoms with Crippen LogP contribution in [-0.4, -0.2) is 12.1 Å². The first kappa shape index (κ1) is 13.7. The zero-order valence-corrected chi connectivity index (χ0v) is 11.3. The number of pyridine rings is 1. The molecule has 1 aromatic carbocycles. The molecule has 0 aliphatic rings. The Morgan fingerprint density at radius 1 is 1.20 bits per heavy atom. The van der Waals surface area contributed by atoms with Crippen molar-refractivity contribution in [3.63, 3.8) is 0 Å². The van der Waals surface area contributed by atoms with Crippen molar-refractivity contribution in [3.8, 4) is 29.0 Å². The highest BCUT2D eigenvalue weighted by Crippen LogP contribution is 2.38. The molecule has 98 valence electrons. The normalized spacial score (nSPS) is 9.60. The molecule has 0 fully saturated rings. The Morgan fingerprint density at radius 3 is 2.45 bits per heavy atom. The summed E-state index contributed by atoms with van der Waals surface area (Å²) in [5.41, 5.74) is 6.83. The fraction of sp³-hybridized carbons (Fsp3) is 0.0714. The lowest BCUT2D eigenvalue weighted by atomic mass is 9.96. The molecule has 2 aromatic rings. The lowest BCUT2D eigenvalue weighted by molar-refractivity contribution is 0.416. The molecule has 0 saturated carbocycles. The van der Waals surface area contributed by atoms with E-state index >= 15 is 0 Å². The number of nitrogens with two attached hydrogens (primary N) is 1. The molecule has 0 aliphatic heterocycles. The maximum absolute atomic E-state index is 9.27. The highest BCUT2D eigenvalue weighted by atomic mass is 35.5. The third kappa shape index (κ3) is 2.11. The Hall–Kier alpha value is -2.76. The largest absolute Gasteiger partial charge is 0.496 e. The van der Waals surface area contributed by atoms with Crippen molar-refractivity contribution in [2.75, 3.05) is 12.8 Å². The minimum Gasteiger partial charge on any atom is -0.496 e. The first-order valence-corrected chi connectivity index (χ1v) is 5.94. The molecule has 0 saturated heterocycles. The van der Waals surface area contributed by atoms with Crippen molar-refractivity contribution in [2.45, 2.75) is 0 Å². The number of halogens is 1. The lowest BCUT2D eigenvalue weighted by Gasteiger charge is -2.13. The zero-order valence-electron chi connectivity index (χ0n) is 10.5. The van der Waals surface area contributed by atoms with Gasteiger partial charge in [0.25, 0.3) is 0 Å². The first-order chi connectivity index (χ1) is 9.63. The third-order valence-electron chi connectivity index (χ3n) is 2.78. The van der Waals surface area contributed by atoms with Gasteiger partial charge in [-0.25, -0.2) is 4.98 Å². The number of benzene rings is 1. The summed E-state index contributed by atoms with van der Waals surface area (Å²) in [6, 6.07) is 10.9. The number of methoxy groups -OCH3 is 1. The fourth-order valence-electron chi connectivity index (χ4n) is 1.91. The van der Waals surface area contributed by atoms with E-state index in [0.717, 1.165) is 0 Å². The summed E-state index contributed by atoms with van der Waals surface area (Å²) in [5, 5.41) is 18.5. The molecule has 0 amide bonds. The number of hydrogen-bond donors (Lipinski definition) is 1. The molecule has 2 N–H and O–H groups in total. The summed E-state index contributed by atoms with van der Waals surface area (Å²) >= 11 is 5.95. The van der Waals surface area contributed by atoms with Gasteiger partial charge >= 0.3 is 0 Å². The molecule has 0 radical (unpaired) electrons. The summed E-state index contributed by atoms with van der Waals surface area (Å²) < 4.78 is 5.26. The molecule has 20 heavy (non-hydrogen) atoms. The number of hydrogen-bond acceptors (Lipinski definition) is 5. The second-order valence-electron chi connectivity index (χ2n) is 3.84. The average Bonchev–Trinajstić information content (AvgIpc) is 2.46. The molecule has 0 bridgehead atoms. The Kier molecular flexibility index (Phi) is 3.74. The standard InChI is InChI=1S/C14H9ClN4O/c1-20-11-5-3-2-4-8(11)12-9(6-16)13(15)19-14(18)10(12)7-17/h2-5H,1H3,(H2,18,19). The molecule has 0 spiro atoms. The second-order valence-corrected chi connectivity index (χ2v) is 4.19. The van der Waals surface area contributed by atoms with E-state index in [1.165, 1.54) is 7.11 Å². The van der Waals surface area contributed by atoms with E-state index in [9.17, 15) is 10.5 Å². The van der Waals surface area contributed by atoms with E-state index in [4.69, 9.17) is 22.1 Å². The van der Waals surface area contributed by atoms with Crippen LogP contribution in [0.3, 0.4) is 0 Å². The zero-order chi connectivity index (χ0) is 14.7. The van der Waals surface area contributed by atoms with E-state index in [0.29, 0.717) is 16.9 Å². The number of ether oxygens (including phenoxy) is 1. The minimum absolute atomic E-state index is 0.0163. The van der Waals surface area contributed by atoms with Gasteiger partial charge in [-0.15, -0.1) is 0 Å². The Balaban J connectivity index is 2.93. The lowest BCUT2D eigenvalue weighted by Crippen LogP contribution is -2.02. The van der Waals surface area contributed by atoms with Gasteiger partial charge in [0.1, 0.15) is 34.4 Å². The molecule has 0 atom stereocenters. The van der Waals surface area contributed by atoms with Gasteiger partial charge in [-0.1, -0.05) is 29.8 Å². The molecular formula is C14H9ClN4O. The van der Waals surface area contributed by atoms with Crippen LogP contribution in [0.1, 0.15) is 11.1 Å². The summed E-state index contributed by atoms with van der Waals surface area (Å²) in [5.74, 6) is 0.500. The van der Waals surface area contributed by atoms with Gasteiger partial charge in [-0.05, 0) is 6.07 Å². The summed E-state index contributed by atoms with van der Waals surface area (Å²) in [6.07, 6.45) is 0. The maximum atomic E-state index is 9.27. The fourth-order valence-corrected chi connectivity index (χ4v) is 2.14. The van der Waals surface area contributed by atoms with Gasteiger partial charge in [0.15, 0.2) is 0 Å². The van der Waals surface area contributed by atoms with Gasteiger partial charge in [-0.3, -0.25) is 0 Å². The van der Waals surface area contributed by atoms with Crippen LogP contribution in [-0.2, 0) is 0 Å². The van der Waals surface area contributed by atoms with Crippen LogP contribution in [0, 0.1) is 22.7 Å². The van der Waals surface area contributed by atoms with Crippen LogP contribution in [0.5, 0.6) is 5.75 Å². The second kappa shape index (κ2) is 5.48. The number of rotatable bonds is 2. The van der Waals surface area contributed by atoms with E-state index in [1.54, 1.807) is 24.3 Å². The number of anilines is 1. The van der Waals surface area contributed by atoms with Crippen LogP contribution >= 0.6 is 11.6 Å². The Labute approximate surface area is 120 Å². The van der Waals surface area contributed by atoms with Gasteiger partial charge in [0, 0.05) is 11.1 Å². The first-order valence-electron chi connectivity index (χ1n) is 5.56. The molecular weight excluding hydrogens is 276 g/mol. The van der Waals surface area contributed by atoms with Gasteiger partial charge < -0.3 is 10.5 Å². The van der Waals surface area contributed by atoms with Crippen molar-refractivity contribution in [3.05, 3.63) is 40.5 Å². The topological polar surface area (TPSA) is 95.7 Å². The Bertz CT molecular complexity index is 721. The number of nitriles is 2. The average molecular weight is 285 g/mol. The number of para-hydroxylation sites is 1. The van der Waals surface area contributed by atoms with Gasteiger partial charge in [0.2, 0.25) is 0 Å². The van der Waals surface area contributed by atoms with Crippen molar-refractivity contribution >= 4 is 17.4 Å². The van der Waals surface area contributed by atoms with E-state index < -0.39 is 0 Å². The van der Waals surface area contributed by atoms with Crippen LogP contribution in [0.15, 0.2) is 24.3 Å². The summed E-state index contributed by atoms with van der Waals surface area (Å²) in [4.78, 5) is 3.81. The molecule has 0 unspecified atom stereocenters. The SMILES string of the molecule is COc1ccccc1-c1c(C#N)c(N)nc(Cl)c1C#N. The molecule has 6 heteroatoms. The van der Waals surface area contributed by atoms with Crippen LogP contribution in [0.4, 0.5) is 5.82 Å². The van der Waals surface area contributed by atoms with E-state index in [2.05, 4.69) is 4.98 Å². The smallest absolute Gasteiger partial charge is 0.149 e. The summed E-state index contributed by atoms with van der Waals surface area (Å²) in [6.45, 7) is 0. The minimum atomic E-state index is -0.0371. The molecule has 0 aliphatic carbocycles. The summed E-state index contributed by atoms with van der Waals surface area (Å²) in [7, 11) is 1.50. The molecule has 2 rings (SSSR count). The predicted octanol–water partition coefficient (Wildman–Crippen LogP) is 2.74. The highest BCUT2D eigenvalue weighted by Gasteiger charge is 2.21. The molecule has 5 nitrogen and oxygen atoms in total. The number of aromatic nitrogens is 1. The van der Waals surface area contributed by atoms with Crippen molar-refractivity contribution in [1.82, 2.24) is 4.98 Å². The van der Waals surface area contributed by atoms with Crippen LogP contribution in [0.2, 0.25) is 5.15 Å². The highest BCUT2D eigenvalue weighted by molar-refractivity contribution is 6.31. The quantitative estimate of drug-likeness (QED) is 0.855. The monoisotopic (exact) mass is 284 g/mol. The number of nitrogens with zero attached hydrogens (tertiary/aromatic N) is 3. The van der Waals surface area contributed by atoms with Crippen molar-refractivity contribution < 1.29 is 4.74 Å².